The number of carbonyl (C=O) groups is 1. The molecule has 0 aromatic heterocycles. The fourth-order valence-electron chi connectivity index (χ4n) is 3.96. The summed E-state index contributed by atoms with van der Waals surface area (Å²) in [6.07, 6.45) is 0.848. The topological polar surface area (TPSA) is 95.9 Å². The van der Waals surface area contributed by atoms with Crippen LogP contribution in [0, 0.1) is 0 Å². The van der Waals surface area contributed by atoms with Crippen molar-refractivity contribution >= 4 is 17.6 Å². The summed E-state index contributed by atoms with van der Waals surface area (Å²) in [6.45, 7) is 8.68. The van der Waals surface area contributed by atoms with E-state index in [1.165, 1.54) is 5.56 Å². The van der Waals surface area contributed by atoms with Crippen LogP contribution in [0.15, 0.2) is 47.5 Å². The standard InChI is InChI=1S/C25H32N4O5/c1-2-32-15-3-10-26-25(27-21-7-5-20(6-8-21)24(30)31)29-13-11-28(12-14-29)17-19-4-9-22-23(16-19)34-18-33-22/h4-9,16H,2-3,10-15,17-18H2,1H3,(H,26,27)(H,30,31). The maximum absolute atomic E-state index is 11.1. The number of aromatic carboxylic acids is 1. The van der Waals surface area contributed by atoms with Crippen LogP contribution in [0.5, 0.6) is 11.5 Å². The Morgan fingerprint density at radius 1 is 1.09 bits per heavy atom. The van der Waals surface area contributed by atoms with E-state index in [-0.39, 0.29) is 12.4 Å². The molecule has 2 aliphatic heterocycles. The normalized spacial score (nSPS) is 16.0. The van der Waals surface area contributed by atoms with Crippen molar-refractivity contribution in [1.29, 1.82) is 0 Å². The van der Waals surface area contributed by atoms with Crippen LogP contribution in [-0.2, 0) is 11.3 Å². The molecule has 182 valence electrons. The van der Waals surface area contributed by atoms with Crippen molar-refractivity contribution in [1.82, 2.24) is 9.80 Å². The lowest BCUT2D eigenvalue weighted by Gasteiger charge is -2.36. The first kappa shape index (κ1) is 23.8. The molecule has 1 fully saturated rings. The number of carboxylic acid groups (broad SMARTS) is 1. The first-order chi connectivity index (χ1) is 16.6. The van der Waals surface area contributed by atoms with E-state index < -0.39 is 5.97 Å². The predicted molar refractivity (Wildman–Crippen MR) is 130 cm³/mol. The molecule has 0 atom stereocenters. The highest BCUT2D eigenvalue weighted by Gasteiger charge is 2.21. The van der Waals surface area contributed by atoms with Gasteiger partial charge in [-0.05, 0) is 55.3 Å². The lowest BCUT2D eigenvalue weighted by molar-refractivity contribution is 0.0697. The number of carboxylic acids is 1. The molecule has 1 saturated heterocycles. The lowest BCUT2D eigenvalue weighted by atomic mass is 10.1. The summed E-state index contributed by atoms with van der Waals surface area (Å²) in [7, 11) is 0. The highest BCUT2D eigenvalue weighted by atomic mass is 16.7. The number of nitrogens with zero attached hydrogens (tertiary/aromatic N) is 3. The third kappa shape index (κ3) is 6.39. The molecular weight excluding hydrogens is 436 g/mol. The molecule has 0 bridgehead atoms. The molecule has 2 aromatic rings. The minimum Gasteiger partial charge on any atom is -0.478 e. The van der Waals surface area contributed by atoms with E-state index in [1.807, 2.05) is 13.0 Å². The molecule has 9 nitrogen and oxygen atoms in total. The monoisotopic (exact) mass is 468 g/mol. The summed E-state index contributed by atoms with van der Waals surface area (Å²) in [5.41, 5.74) is 2.29. The number of ether oxygens (including phenoxy) is 3. The smallest absolute Gasteiger partial charge is 0.335 e. The number of hydrogen-bond acceptors (Lipinski definition) is 6. The zero-order valence-electron chi connectivity index (χ0n) is 19.5. The van der Waals surface area contributed by atoms with Crippen LogP contribution in [0.3, 0.4) is 0 Å². The summed E-state index contributed by atoms with van der Waals surface area (Å²) in [4.78, 5) is 20.6. The van der Waals surface area contributed by atoms with E-state index in [2.05, 4.69) is 27.2 Å². The molecule has 2 N–H and O–H groups in total. The molecule has 0 unspecified atom stereocenters. The van der Waals surface area contributed by atoms with Gasteiger partial charge in [0, 0.05) is 58.2 Å². The van der Waals surface area contributed by atoms with Gasteiger partial charge in [0.05, 0.1) is 5.56 Å². The van der Waals surface area contributed by atoms with Gasteiger partial charge in [-0.25, -0.2) is 4.79 Å². The van der Waals surface area contributed by atoms with Gasteiger partial charge in [0.25, 0.3) is 0 Å². The van der Waals surface area contributed by atoms with E-state index >= 15 is 0 Å². The molecule has 0 saturated carbocycles. The van der Waals surface area contributed by atoms with Gasteiger partial charge in [-0.3, -0.25) is 9.89 Å². The van der Waals surface area contributed by atoms with Crippen LogP contribution in [0.25, 0.3) is 0 Å². The second-order valence-electron chi connectivity index (χ2n) is 8.21. The summed E-state index contributed by atoms with van der Waals surface area (Å²) in [5.74, 6) is 1.49. The van der Waals surface area contributed by atoms with E-state index in [9.17, 15) is 4.79 Å². The van der Waals surface area contributed by atoms with Crippen LogP contribution < -0.4 is 14.8 Å². The van der Waals surface area contributed by atoms with Crippen molar-refractivity contribution in [2.24, 2.45) is 4.99 Å². The first-order valence-corrected chi connectivity index (χ1v) is 11.7. The molecule has 2 aliphatic rings. The maximum Gasteiger partial charge on any atom is 0.335 e. The van der Waals surface area contributed by atoms with Gasteiger partial charge in [-0.15, -0.1) is 0 Å². The van der Waals surface area contributed by atoms with Crippen molar-refractivity contribution in [3.05, 3.63) is 53.6 Å². The molecule has 2 heterocycles. The van der Waals surface area contributed by atoms with Crippen molar-refractivity contribution < 1.29 is 24.1 Å². The molecule has 34 heavy (non-hydrogen) atoms. The Morgan fingerprint density at radius 3 is 2.59 bits per heavy atom. The largest absolute Gasteiger partial charge is 0.478 e. The van der Waals surface area contributed by atoms with Crippen LogP contribution in [-0.4, -0.2) is 79.6 Å². The number of nitrogens with one attached hydrogen (secondary N) is 1. The van der Waals surface area contributed by atoms with Gasteiger partial charge < -0.3 is 29.5 Å². The minimum atomic E-state index is -0.935. The number of aliphatic imine (C=N–C) groups is 1. The van der Waals surface area contributed by atoms with Gasteiger partial charge >= 0.3 is 5.97 Å². The Hall–Kier alpha value is -3.30. The highest BCUT2D eigenvalue weighted by molar-refractivity contribution is 5.94. The van der Waals surface area contributed by atoms with Crippen LogP contribution in [0.4, 0.5) is 5.69 Å². The Morgan fingerprint density at radius 2 is 1.85 bits per heavy atom. The van der Waals surface area contributed by atoms with Gasteiger partial charge in [-0.1, -0.05) is 6.07 Å². The predicted octanol–water partition coefficient (Wildman–Crippen LogP) is 3.13. The number of fused-ring (bicyclic) bond motifs is 1. The fraction of sp³-hybridized carbons (Fsp3) is 0.440. The molecule has 9 heteroatoms. The zero-order valence-corrected chi connectivity index (χ0v) is 19.5. The van der Waals surface area contributed by atoms with E-state index in [4.69, 9.17) is 24.3 Å². The Balaban J connectivity index is 1.35. The number of rotatable bonds is 9. The van der Waals surface area contributed by atoms with Crippen molar-refractivity contribution in [3.8, 4) is 11.5 Å². The highest BCUT2D eigenvalue weighted by Crippen LogP contribution is 2.32. The van der Waals surface area contributed by atoms with Crippen molar-refractivity contribution in [3.63, 3.8) is 0 Å². The van der Waals surface area contributed by atoms with Gasteiger partial charge in [0.15, 0.2) is 17.5 Å². The van der Waals surface area contributed by atoms with E-state index in [1.54, 1.807) is 24.3 Å². The van der Waals surface area contributed by atoms with Gasteiger partial charge in [-0.2, -0.15) is 0 Å². The van der Waals surface area contributed by atoms with Crippen LogP contribution in [0.1, 0.15) is 29.3 Å². The molecule has 0 spiro atoms. The molecular formula is C25H32N4O5. The first-order valence-electron chi connectivity index (χ1n) is 11.7. The van der Waals surface area contributed by atoms with Gasteiger partial charge in [0.2, 0.25) is 6.79 Å². The molecule has 0 radical (unpaired) electrons. The lowest BCUT2D eigenvalue weighted by Crippen LogP contribution is -2.50. The van der Waals surface area contributed by atoms with Crippen molar-refractivity contribution in [2.75, 3.05) is 58.0 Å². The van der Waals surface area contributed by atoms with Crippen molar-refractivity contribution in [2.45, 2.75) is 19.9 Å². The summed E-state index contributed by atoms with van der Waals surface area (Å²) in [6, 6.07) is 12.9. The fourth-order valence-corrected chi connectivity index (χ4v) is 3.96. The average molecular weight is 469 g/mol. The van der Waals surface area contributed by atoms with E-state index in [0.717, 1.165) is 62.3 Å². The number of piperazine rings is 1. The SMILES string of the molecule is CCOCCCN=C(Nc1ccc(C(=O)O)cc1)N1CCN(Cc2ccc3c(c2)OCO3)CC1. The Labute approximate surface area is 199 Å². The average Bonchev–Trinajstić information content (AvgIpc) is 3.32. The maximum atomic E-state index is 11.1. The molecule has 4 rings (SSSR count). The zero-order chi connectivity index (χ0) is 23.8. The van der Waals surface area contributed by atoms with Crippen LogP contribution in [0.2, 0.25) is 0 Å². The Kier molecular flexibility index (Phi) is 8.21. The number of hydrogen-bond donors (Lipinski definition) is 2. The molecule has 2 aromatic carbocycles. The quantitative estimate of drug-likeness (QED) is 0.329. The third-order valence-electron chi connectivity index (χ3n) is 5.82. The van der Waals surface area contributed by atoms with Gasteiger partial charge in [0.1, 0.15) is 0 Å². The number of anilines is 1. The molecule has 0 aliphatic carbocycles. The minimum absolute atomic E-state index is 0.262. The Bertz CT molecular complexity index is 987. The van der Waals surface area contributed by atoms with E-state index in [0.29, 0.717) is 19.8 Å². The second kappa shape index (κ2) is 11.7. The van der Waals surface area contributed by atoms with Crippen LogP contribution >= 0.6 is 0 Å². The third-order valence-corrected chi connectivity index (χ3v) is 5.82. The summed E-state index contributed by atoms with van der Waals surface area (Å²) in [5, 5.41) is 12.5. The number of benzene rings is 2. The molecule has 0 amide bonds. The summed E-state index contributed by atoms with van der Waals surface area (Å²) < 4.78 is 16.3. The number of guanidine groups is 1. The second-order valence-corrected chi connectivity index (χ2v) is 8.21. The summed E-state index contributed by atoms with van der Waals surface area (Å²) >= 11 is 0.